The number of nitrogens with one attached hydrogen (secondary N) is 3. The van der Waals surface area contributed by atoms with Crippen molar-refractivity contribution in [3.63, 3.8) is 0 Å². The van der Waals surface area contributed by atoms with Crippen molar-refractivity contribution < 1.29 is 0 Å². The SMILES string of the molecule is CCN(CCNC)CNNCCCN(C)C. The van der Waals surface area contributed by atoms with E-state index in [1.165, 1.54) is 6.42 Å². The minimum atomic E-state index is 0.903. The number of rotatable bonds is 11. The van der Waals surface area contributed by atoms with E-state index < -0.39 is 0 Å². The summed E-state index contributed by atoms with van der Waals surface area (Å²) < 4.78 is 0. The Bertz CT molecular complexity index is 140. The number of hydrogen-bond acceptors (Lipinski definition) is 5. The summed E-state index contributed by atoms with van der Waals surface area (Å²) in [5, 5.41) is 3.16. The van der Waals surface area contributed by atoms with Crippen molar-refractivity contribution in [1.29, 1.82) is 0 Å². The van der Waals surface area contributed by atoms with E-state index in [2.05, 4.69) is 47.0 Å². The van der Waals surface area contributed by atoms with Gasteiger partial charge in [0.2, 0.25) is 0 Å². The van der Waals surface area contributed by atoms with Crippen molar-refractivity contribution in [2.75, 3.05) is 60.5 Å². The maximum atomic E-state index is 3.25. The molecule has 0 unspecified atom stereocenters. The second-order valence-electron chi connectivity index (χ2n) is 4.23. The third kappa shape index (κ3) is 10.3. The van der Waals surface area contributed by atoms with Crippen LogP contribution in [0.15, 0.2) is 0 Å². The molecule has 0 radical (unpaired) electrons. The van der Waals surface area contributed by atoms with Gasteiger partial charge in [0.15, 0.2) is 0 Å². The van der Waals surface area contributed by atoms with E-state index in [1.54, 1.807) is 0 Å². The first-order chi connectivity index (χ1) is 7.70. The largest absolute Gasteiger partial charge is 0.318 e. The van der Waals surface area contributed by atoms with Crippen molar-refractivity contribution >= 4 is 0 Å². The highest BCUT2D eigenvalue weighted by molar-refractivity contribution is 4.54. The Labute approximate surface area is 101 Å². The molecular weight excluding hydrogens is 202 g/mol. The van der Waals surface area contributed by atoms with Crippen molar-refractivity contribution in [2.45, 2.75) is 13.3 Å². The molecule has 0 rings (SSSR count). The third-order valence-electron chi connectivity index (χ3n) is 2.46. The number of hydrazine groups is 1. The van der Waals surface area contributed by atoms with E-state index in [4.69, 9.17) is 0 Å². The first-order valence-electron chi connectivity index (χ1n) is 6.18. The lowest BCUT2D eigenvalue weighted by atomic mass is 10.4. The van der Waals surface area contributed by atoms with E-state index in [0.29, 0.717) is 0 Å². The third-order valence-corrected chi connectivity index (χ3v) is 2.46. The Hall–Kier alpha value is -0.200. The van der Waals surface area contributed by atoms with Crippen LogP contribution in [0, 0.1) is 0 Å². The molecule has 0 bridgehead atoms. The maximum Gasteiger partial charge on any atom is 0.0615 e. The lowest BCUT2D eigenvalue weighted by Gasteiger charge is -2.21. The first-order valence-corrected chi connectivity index (χ1v) is 6.18. The van der Waals surface area contributed by atoms with E-state index in [1.807, 2.05) is 7.05 Å². The molecule has 0 aliphatic rings. The molecule has 0 aromatic heterocycles. The van der Waals surface area contributed by atoms with Crippen molar-refractivity contribution in [1.82, 2.24) is 26.0 Å². The first kappa shape index (κ1) is 15.8. The molecule has 0 aliphatic carbocycles. The molecule has 0 aliphatic heterocycles. The minimum Gasteiger partial charge on any atom is -0.318 e. The van der Waals surface area contributed by atoms with E-state index >= 15 is 0 Å². The van der Waals surface area contributed by atoms with Crippen LogP contribution in [0.1, 0.15) is 13.3 Å². The molecule has 0 fully saturated rings. The predicted molar refractivity (Wildman–Crippen MR) is 70.4 cm³/mol. The summed E-state index contributed by atoms with van der Waals surface area (Å²) in [4.78, 5) is 4.56. The van der Waals surface area contributed by atoms with Gasteiger partial charge in [-0.15, -0.1) is 0 Å². The molecule has 0 aromatic rings. The van der Waals surface area contributed by atoms with Gasteiger partial charge in [-0.1, -0.05) is 6.92 Å². The Kier molecular flexibility index (Phi) is 11.1. The summed E-state index contributed by atoms with van der Waals surface area (Å²) in [6, 6.07) is 0. The molecule has 3 N–H and O–H groups in total. The Morgan fingerprint density at radius 3 is 2.31 bits per heavy atom. The predicted octanol–water partition coefficient (Wildman–Crippen LogP) is -0.469. The van der Waals surface area contributed by atoms with Crippen LogP contribution >= 0.6 is 0 Å². The van der Waals surface area contributed by atoms with Gasteiger partial charge in [-0.2, -0.15) is 0 Å². The second-order valence-corrected chi connectivity index (χ2v) is 4.23. The highest BCUT2D eigenvalue weighted by Crippen LogP contribution is 1.83. The monoisotopic (exact) mass is 231 g/mol. The summed E-state index contributed by atoms with van der Waals surface area (Å²) in [6.07, 6.45) is 1.17. The zero-order chi connectivity index (χ0) is 12.2. The van der Waals surface area contributed by atoms with Gasteiger partial charge in [-0.25, -0.2) is 5.43 Å². The fourth-order valence-electron chi connectivity index (χ4n) is 1.36. The molecule has 5 heteroatoms. The molecule has 0 saturated carbocycles. The van der Waals surface area contributed by atoms with Crippen LogP contribution in [0.3, 0.4) is 0 Å². The van der Waals surface area contributed by atoms with Crippen LogP contribution in [0.5, 0.6) is 0 Å². The van der Waals surface area contributed by atoms with Gasteiger partial charge in [0.1, 0.15) is 0 Å². The van der Waals surface area contributed by atoms with Gasteiger partial charge in [-0.05, 0) is 40.7 Å². The summed E-state index contributed by atoms with van der Waals surface area (Å²) in [6.45, 7) is 8.43. The molecule has 0 saturated heterocycles. The highest BCUT2D eigenvalue weighted by atomic mass is 15.4. The van der Waals surface area contributed by atoms with Gasteiger partial charge >= 0.3 is 0 Å². The molecule has 0 amide bonds. The zero-order valence-electron chi connectivity index (χ0n) is 11.3. The molecule has 0 spiro atoms. The van der Waals surface area contributed by atoms with Gasteiger partial charge in [0.05, 0.1) is 6.67 Å². The van der Waals surface area contributed by atoms with Gasteiger partial charge < -0.3 is 10.2 Å². The molecule has 98 valence electrons. The van der Waals surface area contributed by atoms with Crippen LogP contribution in [0.4, 0.5) is 0 Å². The normalized spacial score (nSPS) is 11.6. The van der Waals surface area contributed by atoms with E-state index in [0.717, 1.165) is 39.4 Å². The zero-order valence-corrected chi connectivity index (χ0v) is 11.3. The molecule has 16 heavy (non-hydrogen) atoms. The average molecular weight is 231 g/mol. The Balaban J connectivity index is 3.27. The Morgan fingerprint density at radius 1 is 1.00 bits per heavy atom. The fourth-order valence-corrected chi connectivity index (χ4v) is 1.36. The topological polar surface area (TPSA) is 42.6 Å². The molecule has 0 heterocycles. The highest BCUT2D eigenvalue weighted by Gasteiger charge is 1.99. The number of likely N-dealkylation sites (N-methyl/N-ethyl adjacent to an activating group) is 2. The van der Waals surface area contributed by atoms with Crippen LogP contribution in [-0.4, -0.2) is 70.3 Å². The van der Waals surface area contributed by atoms with Gasteiger partial charge in [-0.3, -0.25) is 10.3 Å². The summed E-state index contributed by atoms with van der Waals surface area (Å²) >= 11 is 0. The Morgan fingerprint density at radius 2 is 1.75 bits per heavy atom. The smallest absolute Gasteiger partial charge is 0.0615 e. The van der Waals surface area contributed by atoms with Gasteiger partial charge in [0.25, 0.3) is 0 Å². The summed E-state index contributed by atoms with van der Waals surface area (Å²) in [5.41, 5.74) is 6.49. The van der Waals surface area contributed by atoms with Crippen LogP contribution in [0.2, 0.25) is 0 Å². The van der Waals surface area contributed by atoms with Crippen molar-refractivity contribution in [3.8, 4) is 0 Å². The van der Waals surface area contributed by atoms with E-state index in [-0.39, 0.29) is 0 Å². The molecule has 0 aromatic carbocycles. The van der Waals surface area contributed by atoms with Crippen LogP contribution < -0.4 is 16.2 Å². The summed E-state index contributed by atoms with van der Waals surface area (Å²) in [5.74, 6) is 0. The number of hydrogen-bond donors (Lipinski definition) is 3. The standard InChI is InChI=1S/C11H29N5/c1-5-16(10-8-12-2)11-14-13-7-6-9-15(3)4/h12-14H,5-11H2,1-4H3. The second kappa shape index (κ2) is 11.3. The molecule has 0 atom stereocenters. The van der Waals surface area contributed by atoms with Crippen LogP contribution in [-0.2, 0) is 0 Å². The lowest BCUT2D eigenvalue weighted by molar-refractivity contribution is 0.248. The minimum absolute atomic E-state index is 0.903. The maximum absolute atomic E-state index is 3.25. The quantitative estimate of drug-likeness (QED) is 0.255. The van der Waals surface area contributed by atoms with Crippen molar-refractivity contribution in [3.05, 3.63) is 0 Å². The van der Waals surface area contributed by atoms with Crippen molar-refractivity contribution in [2.24, 2.45) is 0 Å². The van der Waals surface area contributed by atoms with Crippen LogP contribution in [0.25, 0.3) is 0 Å². The average Bonchev–Trinajstić information content (AvgIpc) is 2.26. The van der Waals surface area contributed by atoms with Gasteiger partial charge in [0, 0.05) is 19.6 Å². The van der Waals surface area contributed by atoms with E-state index in [9.17, 15) is 0 Å². The number of nitrogens with zero attached hydrogens (tertiary/aromatic N) is 2. The fraction of sp³-hybridized carbons (Fsp3) is 1.00. The molecular formula is C11H29N5. The molecule has 5 nitrogen and oxygen atoms in total. The summed E-state index contributed by atoms with van der Waals surface area (Å²) in [7, 11) is 6.19. The lowest BCUT2D eigenvalue weighted by Crippen LogP contribution is -2.44.